The average molecular weight is 274 g/mol. The average Bonchev–Trinajstić information content (AvgIpc) is 2.37. The van der Waals surface area contributed by atoms with Gasteiger partial charge < -0.3 is 10.2 Å². The Kier molecular flexibility index (Phi) is 4.14. The summed E-state index contributed by atoms with van der Waals surface area (Å²) in [5.41, 5.74) is 2.13. The Morgan fingerprint density at radius 2 is 2.15 bits per heavy atom. The van der Waals surface area contributed by atoms with E-state index in [1.165, 1.54) is 6.07 Å². The van der Waals surface area contributed by atoms with Gasteiger partial charge >= 0.3 is 0 Å². The number of nitro benzene ring substituents is 1. The number of likely N-dealkylation sites (N-methyl/N-ethyl adjacent to an activating group) is 1. The minimum Gasteiger partial charge on any atom is -0.383 e. The van der Waals surface area contributed by atoms with Crippen molar-refractivity contribution in [2.24, 2.45) is 0 Å². The number of nitro groups is 1. The van der Waals surface area contributed by atoms with E-state index in [1.54, 1.807) is 6.07 Å². The maximum absolute atomic E-state index is 11.1. The highest BCUT2D eigenvalue weighted by Crippen LogP contribution is 2.29. The van der Waals surface area contributed by atoms with E-state index in [0.717, 1.165) is 29.9 Å². The van der Waals surface area contributed by atoms with E-state index in [0.29, 0.717) is 5.52 Å². The number of hydrogen-bond donors (Lipinski definition) is 1. The van der Waals surface area contributed by atoms with Crippen LogP contribution in [0.1, 0.15) is 5.69 Å². The number of nitrogens with one attached hydrogen (secondary N) is 1. The van der Waals surface area contributed by atoms with Crippen molar-refractivity contribution in [2.45, 2.75) is 6.92 Å². The molecule has 0 radical (unpaired) electrons. The Morgan fingerprint density at radius 3 is 2.80 bits per heavy atom. The quantitative estimate of drug-likeness (QED) is 0.669. The van der Waals surface area contributed by atoms with Crippen LogP contribution in [0.25, 0.3) is 10.9 Å². The van der Waals surface area contributed by atoms with Crippen LogP contribution in [0.3, 0.4) is 0 Å². The first-order valence-corrected chi connectivity index (χ1v) is 6.42. The van der Waals surface area contributed by atoms with Crippen LogP contribution >= 0.6 is 0 Å². The number of nitrogens with zero attached hydrogens (tertiary/aromatic N) is 3. The third-order valence-corrected chi connectivity index (χ3v) is 3.02. The fourth-order valence-corrected chi connectivity index (χ4v) is 2.07. The van der Waals surface area contributed by atoms with Gasteiger partial charge in [-0.1, -0.05) is 12.1 Å². The van der Waals surface area contributed by atoms with Crippen LogP contribution in [0, 0.1) is 17.0 Å². The molecule has 20 heavy (non-hydrogen) atoms. The van der Waals surface area contributed by atoms with Crippen molar-refractivity contribution in [3.05, 3.63) is 40.1 Å². The molecule has 0 aliphatic carbocycles. The monoisotopic (exact) mass is 274 g/mol. The number of hydrogen-bond acceptors (Lipinski definition) is 5. The fourth-order valence-electron chi connectivity index (χ4n) is 2.07. The zero-order valence-corrected chi connectivity index (χ0v) is 11.9. The van der Waals surface area contributed by atoms with Gasteiger partial charge in [0.1, 0.15) is 0 Å². The molecule has 0 saturated heterocycles. The predicted molar refractivity (Wildman–Crippen MR) is 80.2 cm³/mol. The smallest absolute Gasteiger partial charge is 0.295 e. The van der Waals surface area contributed by atoms with Gasteiger partial charge in [0.15, 0.2) is 5.52 Å². The summed E-state index contributed by atoms with van der Waals surface area (Å²) in [6.07, 6.45) is 0. The van der Waals surface area contributed by atoms with Crippen LogP contribution in [0.4, 0.5) is 11.4 Å². The molecule has 0 aliphatic rings. The number of benzene rings is 1. The number of fused-ring (bicyclic) bond motifs is 1. The zero-order valence-electron chi connectivity index (χ0n) is 11.9. The van der Waals surface area contributed by atoms with Gasteiger partial charge in [-0.15, -0.1) is 0 Å². The highest BCUT2D eigenvalue weighted by Gasteiger charge is 2.15. The number of para-hydroxylation sites is 1. The molecule has 1 aromatic heterocycles. The first-order chi connectivity index (χ1) is 9.49. The molecule has 0 atom stereocenters. The first kappa shape index (κ1) is 14.2. The van der Waals surface area contributed by atoms with Crippen molar-refractivity contribution < 1.29 is 4.92 Å². The van der Waals surface area contributed by atoms with E-state index < -0.39 is 4.92 Å². The molecule has 0 aliphatic heterocycles. The molecule has 106 valence electrons. The van der Waals surface area contributed by atoms with Crippen molar-refractivity contribution in [1.29, 1.82) is 0 Å². The number of rotatable bonds is 5. The van der Waals surface area contributed by atoms with Gasteiger partial charge in [0.25, 0.3) is 5.69 Å². The molecule has 0 saturated carbocycles. The molecular weight excluding hydrogens is 256 g/mol. The van der Waals surface area contributed by atoms with Gasteiger partial charge in [-0.05, 0) is 27.1 Å². The van der Waals surface area contributed by atoms with E-state index in [1.807, 2.05) is 33.2 Å². The Labute approximate surface area is 117 Å². The number of anilines is 1. The van der Waals surface area contributed by atoms with E-state index in [2.05, 4.69) is 15.2 Å². The Morgan fingerprint density at radius 1 is 1.40 bits per heavy atom. The van der Waals surface area contributed by atoms with Gasteiger partial charge in [0.05, 0.1) is 4.92 Å². The topological polar surface area (TPSA) is 71.3 Å². The van der Waals surface area contributed by atoms with Gasteiger partial charge in [0, 0.05) is 35.9 Å². The molecule has 2 rings (SSSR count). The maximum atomic E-state index is 11.1. The van der Waals surface area contributed by atoms with E-state index in [-0.39, 0.29) is 5.69 Å². The van der Waals surface area contributed by atoms with E-state index in [4.69, 9.17) is 0 Å². The first-order valence-electron chi connectivity index (χ1n) is 6.42. The molecule has 0 amide bonds. The van der Waals surface area contributed by atoms with Crippen molar-refractivity contribution in [2.75, 3.05) is 32.5 Å². The van der Waals surface area contributed by atoms with E-state index >= 15 is 0 Å². The predicted octanol–water partition coefficient (Wildman–Crippen LogP) is 2.42. The third-order valence-electron chi connectivity index (χ3n) is 3.02. The van der Waals surface area contributed by atoms with Crippen LogP contribution in [0.15, 0.2) is 24.3 Å². The summed E-state index contributed by atoms with van der Waals surface area (Å²) in [7, 11) is 4.00. The summed E-state index contributed by atoms with van der Waals surface area (Å²) in [6, 6.07) is 6.95. The molecule has 1 N–H and O–H groups in total. The standard InChI is InChI=1S/C14H18N4O2/c1-10-9-12(15-7-8-17(2)3)11-5-4-6-13(18(19)20)14(11)16-10/h4-6,9H,7-8H2,1-3H3,(H,15,16). The summed E-state index contributed by atoms with van der Waals surface area (Å²) in [4.78, 5) is 17.1. The zero-order chi connectivity index (χ0) is 14.7. The lowest BCUT2D eigenvalue weighted by atomic mass is 10.1. The highest BCUT2D eigenvalue weighted by atomic mass is 16.6. The maximum Gasteiger partial charge on any atom is 0.295 e. The number of aryl methyl sites for hydroxylation is 1. The molecular formula is C14H18N4O2. The van der Waals surface area contributed by atoms with Crippen LogP contribution in [-0.4, -0.2) is 42.0 Å². The largest absolute Gasteiger partial charge is 0.383 e. The molecule has 0 bridgehead atoms. The Hall–Kier alpha value is -2.21. The van der Waals surface area contributed by atoms with Crippen LogP contribution < -0.4 is 5.32 Å². The molecule has 0 unspecified atom stereocenters. The minimum absolute atomic E-state index is 0.0434. The second-order valence-corrected chi connectivity index (χ2v) is 4.97. The molecule has 1 aromatic carbocycles. The number of non-ortho nitro benzene ring substituents is 1. The molecule has 2 aromatic rings. The lowest BCUT2D eigenvalue weighted by Crippen LogP contribution is -2.20. The summed E-state index contributed by atoms with van der Waals surface area (Å²) in [5.74, 6) is 0. The second-order valence-electron chi connectivity index (χ2n) is 4.97. The number of aromatic nitrogens is 1. The Bertz CT molecular complexity index is 640. The highest BCUT2D eigenvalue weighted by molar-refractivity contribution is 5.96. The molecule has 0 spiro atoms. The lowest BCUT2D eigenvalue weighted by Gasteiger charge is -2.13. The van der Waals surface area contributed by atoms with Crippen LogP contribution in [0.2, 0.25) is 0 Å². The lowest BCUT2D eigenvalue weighted by molar-refractivity contribution is -0.383. The van der Waals surface area contributed by atoms with Gasteiger partial charge in [-0.3, -0.25) is 10.1 Å². The summed E-state index contributed by atoms with van der Waals surface area (Å²) in [5, 5.41) is 15.2. The SMILES string of the molecule is Cc1cc(NCCN(C)C)c2cccc([N+](=O)[O-])c2n1. The normalized spacial score (nSPS) is 11.0. The third kappa shape index (κ3) is 3.03. The Balaban J connectivity index is 2.44. The van der Waals surface area contributed by atoms with Crippen LogP contribution in [-0.2, 0) is 0 Å². The van der Waals surface area contributed by atoms with Crippen molar-refractivity contribution in [1.82, 2.24) is 9.88 Å². The van der Waals surface area contributed by atoms with Gasteiger partial charge in [-0.25, -0.2) is 4.98 Å². The minimum atomic E-state index is -0.391. The number of pyridine rings is 1. The summed E-state index contributed by atoms with van der Waals surface area (Å²) >= 11 is 0. The molecule has 1 heterocycles. The van der Waals surface area contributed by atoms with Crippen molar-refractivity contribution in [3.8, 4) is 0 Å². The van der Waals surface area contributed by atoms with E-state index in [9.17, 15) is 10.1 Å². The van der Waals surface area contributed by atoms with Crippen molar-refractivity contribution >= 4 is 22.3 Å². The van der Waals surface area contributed by atoms with Crippen LogP contribution in [0.5, 0.6) is 0 Å². The fraction of sp³-hybridized carbons (Fsp3) is 0.357. The molecule has 0 fully saturated rings. The summed E-state index contributed by atoms with van der Waals surface area (Å²) in [6.45, 7) is 3.50. The van der Waals surface area contributed by atoms with Gasteiger partial charge in [-0.2, -0.15) is 0 Å². The van der Waals surface area contributed by atoms with Crippen molar-refractivity contribution in [3.63, 3.8) is 0 Å². The summed E-state index contributed by atoms with van der Waals surface area (Å²) < 4.78 is 0. The molecule has 6 heteroatoms. The molecule has 6 nitrogen and oxygen atoms in total. The second kappa shape index (κ2) is 5.83. The van der Waals surface area contributed by atoms with Gasteiger partial charge in [0.2, 0.25) is 0 Å².